The highest BCUT2D eigenvalue weighted by Crippen LogP contribution is 2.17. The highest BCUT2D eigenvalue weighted by atomic mass is 32.1. The number of rotatable bonds is 5. The lowest BCUT2D eigenvalue weighted by Crippen LogP contribution is -2.49. The second-order valence-electron chi connectivity index (χ2n) is 7.11. The Balaban J connectivity index is 1.53. The Morgan fingerprint density at radius 3 is 2.70 bits per heavy atom. The molecule has 8 nitrogen and oxygen atoms in total. The summed E-state index contributed by atoms with van der Waals surface area (Å²) in [4.78, 5) is 37.2. The van der Waals surface area contributed by atoms with Crippen molar-refractivity contribution in [2.24, 2.45) is 0 Å². The minimum atomic E-state index is -0.186. The summed E-state index contributed by atoms with van der Waals surface area (Å²) in [6.07, 6.45) is 1.77. The number of nitrogens with one attached hydrogen (secondary N) is 1. The molecule has 1 amide bonds. The molecule has 9 heteroatoms. The molecule has 1 fully saturated rings. The smallest absolute Gasteiger partial charge is 0.262 e. The van der Waals surface area contributed by atoms with Crippen LogP contribution in [0.2, 0.25) is 0 Å². The van der Waals surface area contributed by atoms with Gasteiger partial charge >= 0.3 is 0 Å². The molecule has 0 radical (unpaired) electrons. The van der Waals surface area contributed by atoms with Gasteiger partial charge in [0.15, 0.2) is 4.77 Å². The van der Waals surface area contributed by atoms with Crippen molar-refractivity contribution in [2.75, 3.05) is 44.8 Å². The number of ether oxygens (including phenoxy) is 1. The van der Waals surface area contributed by atoms with E-state index in [1.54, 1.807) is 31.5 Å². The van der Waals surface area contributed by atoms with Crippen LogP contribution in [-0.4, -0.2) is 65.2 Å². The highest BCUT2D eigenvalue weighted by molar-refractivity contribution is 7.71. The van der Waals surface area contributed by atoms with Crippen LogP contribution in [-0.2, 0) is 11.3 Å². The SMILES string of the molecule is COCCn1c(=S)[nH]c2cc(C(=O)N3CCN(c4ccccn4)CC3)ccc2c1=O. The van der Waals surface area contributed by atoms with Gasteiger partial charge in [0.05, 0.1) is 24.1 Å². The van der Waals surface area contributed by atoms with Crippen molar-refractivity contribution >= 4 is 34.8 Å². The molecule has 4 rings (SSSR count). The quantitative estimate of drug-likeness (QED) is 0.630. The van der Waals surface area contributed by atoms with E-state index in [0.29, 0.717) is 47.5 Å². The minimum absolute atomic E-state index is 0.0551. The summed E-state index contributed by atoms with van der Waals surface area (Å²) in [5.74, 6) is 0.869. The number of H-pyrrole nitrogens is 1. The predicted octanol–water partition coefficient (Wildman–Crippen LogP) is 2.06. The molecule has 1 aliphatic heterocycles. The largest absolute Gasteiger partial charge is 0.383 e. The first-order valence-electron chi connectivity index (χ1n) is 9.79. The van der Waals surface area contributed by atoms with Crippen molar-refractivity contribution in [3.05, 3.63) is 63.3 Å². The van der Waals surface area contributed by atoms with Gasteiger partial charge in [0.2, 0.25) is 0 Å². The summed E-state index contributed by atoms with van der Waals surface area (Å²) in [6, 6.07) is 10.9. The molecule has 3 aromatic rings. The zero-order chi connectivity index (χ0) is 21.1. The summed E-state index contributed by atoms with van der Waals surface area (Å²) >= 11 is 5.32. The fraction of sp³-hybridized carbons (Fsp3) is 0.333. The maximum absolute atomic E-state index is 13.0. The first kappa shape index (κ1) is 20.2. The van der Waals surface area contributed by atoms with Gasteiger partial charge in [-0.05, 0) is 42.5 Å². The van der Waals surface area contributed by atoms with E-state index in [1.807, 2.05) is 23.1 Å². The van der Waals surface area contributed by atoms with Crippen LogP contribution in [0.1, 0.15) is 10.4 Å². The molecular formula is C21H23N5O3S. The van der Waals surface area contributed by atoms with Gasteiger partial charge in [-0.3, -0.25) is 14.2 Å². The number of hydrogen-bond acceptors (Lipinski definition) is 6. The number of anilines is 1. The Morgan fingerprint density at radius 1 is 1.20 bits per heavy atom. The van der Waals surface area contributed by atoms with Crippen LogP contribution in [0.5, 0.6) is 0 Å². The number of benzene rings is 1. The van der Waals surface area contributed by atoms with Gasteiger partial charge in [-0.15, -0.1) is 0 Å². The number of carbonyl (C=O) groups is 1. The van der Waals surface area contributed by atoms with E-state index in [2.05, 4.69) is 14.9 Å². The number of nitrogens with zero attached hydrogens (tertiary/aromatic N) is 4. The van der Waals surface area contributed by atoms with Gasteiger partial charge in [0.25, 0.3) is 11.5 Å². The lowest BCUT2D eigenvalue weighted by Gasteiger charge is -2.35. The maximum atomic E-state index is 13.0. The van der Waals surface area contributed by atoms with Gasteiger partial charge in [-0.25, -0.2) is 4.98 Å². The topological polar surface area (TPSA) is 83.5 Å². The zero-order valence-electron chi connectivity index (χ0n) is 16.7. The molecule has 30 heavy (non-hydrogen) atoms. The number of aromatic amines is 1. The van der Waals surface area contributed by atoms with E-state index in [4.69, 9.17) is 17.0 Å². The molecule has 0 bridgehead atoms. The molecule has 0 saturated carbocycles. The Kier molecular flexibility index (Phi) is 5.91. The molecule has 1 saturated heterocycles. The first-order chi connectivity index (χ1) is 14.6. The zero-order valence-corrected chi connectivity index (χ0v) is 17.5. The number of amides is 1. The van der Waals surface area contributed by atoms with Crippen LogP contribution >= 0.6 is 12.2 Å². The molecule has 0 aliphatic carbocycles. The van der Waals surface area contributed by atoms with Crippen molar-refractivity contribution < 1.29 is 9.53 Å². The fourth-order valence-electron chi connectivity index (χ4n) is 3.64. The van der Waals surface area contributed by atoms with E-state index in [1.165, 1.54) is 4.57 Å². The van der Waals surface area contributed by atoms with Crippen LogP contribution in [0.4, 0.5) is 5.82 Å². The molecule has 2 aromatic heterocycles. The van der Waals surface area contributed by atoms with E-state index < -0.39 is 0 Å². The first-order valence-corrected chi connectivity index (χ1v) is 10.2. The van der Waals surface area contributed by atoms with E-state index >= 15 is 0 Å². The Bertz CT molecular complexity index is 1170. The monoisotopic (exact) mass is 425 g/mol. The van der Waals surface area contributed by atoms with E-state index in [9.17, 15) is 9.59 Å². The lowest BCUT2D eigenvalue weighted by molar-refractivity contribution is 0.0746. The van der Waals surface area contributed by atoms with Crippen LogP contribution in [0, 0.1) is 4.77 Å². The summed E-state index contributed by atoms with van der Waals surface area (Å²) in [7, 11) is 1.58. The molecular weight excluding hydrogens is 402 g/mol. The molecule has 1 N–H and O–H groups in total. The lowest BCUT2D eigenvalue weighted by atomic mass is 10.1. The second-order valence-corrected chi connectivity index (χ2v) is 7.49. The molecule has 1 aromatic carbocycles. The second kappa shape index (κ2) is 8.76. The minimum Gasteiger partial charge on any atom is -0.383 e. The molecule has 0 atom stereocenters. The summed E-state index contributed by atoms with van der Waals surface area (Å²) < 4.78 is 6.83. The van der Waals surface area contributed by atoms with E-state index in [0.717, 1.165) is 18.9 Å². The van der Waals surface area contributed by atoms with E-state index in [-0.39, 0.29) is 11.5 Å². The van der Waals surface area contributed by atoms with Gasteiger partial charge in [0.1, 0.15) is 5.82 Å². The van der Waals surface area contributed by atoms with Crippen molar-refractivity contribution in [2.45, 2.75) is 6.54 Å². The predicted molar refractivity (Wildman–Crippen MR) is 118 cm³/mol. The third-order valence-corrected chi connectivity index (χ3v) is 5.61. The summed E-state index contributed by atoms with van der Waals surface area (Å²) in [5, 5.41) is 0.497. The summed E-state index contributed by atoms with van der Waals surface area (Å²) in [6.45, 7) is 3.45. The third-order valence-electron chi connectivity index (χ3n) is 5.29. The molecule has 3 heterocycles. The summed E-state index contributed by atoms with van der Waals surface area (Å²) in [5.41, 5.74) is 0.916. The normalized spacial score (nSPS) is 14.3. The fourth-order valence-corrected chi connectivity index (χ4v) is 3.92. The van der Waals surface area contributed by atoms with Gasteiger partial charge < -0.3 is 19.5 Å². The number of aromatic nitrogens is 3. The Morgan fingerprint density at radius 2 is 2.00 bits per heavy atom. The van der Waals surface area contributed by atoms with Gasteiger partial charge in [0, 0.05) is 45.0 Å². The number of carbonyl (C=O) groups excluding carboxylic acids is 1. The van der Waals surface area contributed by atoms with Crippen molar-refractivity contribution in [3.63, 3.8) is 0 Å². The molecule has 0 spiro atoms. The average molecular weight is 426 g/mol. The number of pyridine rings is 1. The molecule has 1 aliphatic rings. The third kappa shape index (κ3) is 3.99. The van der Waals surface area contributed by atoms with Crippen LogP contribution < -0.4 is 10.5 Å². The van der Waals surface area contributed by atoms with Gasteiger partial charge in [-0.2, -0.15) is 0 Å². The maximum Gasteiger partial charge on any atom is 0.262 e. The number of piperazine rings is 1. The van der Waals surface area contributed by atoms with Crippen LogP contribution in [0.25, 0.3) is 10.9 Å². The van der Waals surface area contributed by atoms with Crippen LogP contribution in [0.3, 0.4) is 0 Å². The highest BCUT2D eigenvalue weighted by Gasteiger charge is 2.23. The standard InChI is InChI=1S/C21H23N5O3S/c1-29-13-12-26-20(28)16-6-5-15(14-17(16)23-21(26)30)19(27)25-10-8-24(9-11-25)18-4-2-3-7-22-18/h2-7,14H,8-13H2,1H3,(H,23,30). The van der Waals surface area contributed by atoms with Crippen molar-refractivity contribution in [3.8, 4) is 0 Å². The molecule has 156 valence electrons. The van der Waals surface area contributed by atoms with Gasteiger partial charge in [-0.1, -0.05) is 6.07 Å². The number of methoxy groups -OCH3 is 1. The molecule has 0 unspecified atom stereocenters. The number of hydrogen-bond donors (Lipinski definition) is 1. The van der Waals surface area contributed by atoms with Crippen molar-refractivity contribution in [1.29, 1.82) is 0 Å². The number of fused-ring (bicyclic) bond motifs is 1. The Hall–Kier alpha value is -3.04. The Labute approximate surface area is 178 Å². The van der Waals surface area contributed by atoms with Crippen LogP contribution in [0.15, 0.2) is 47.4 Å². The average Bonchev–Trinajstić information content (AvgIpc) is 2.79. The van der Waals surface area contributed by atoms with Crippen molar-refractivity contribution in [1.82, 2.24) is 19.4 Å².